The monoisotopic (exact) mass is 306 g/mol. The van der Waals surface area contributed by atoms with Crippen LogP contribution in [0.15, 0.2) is 41.8 Å². The summed E-state index contributed by atoms with van der Waals surface area (Å²) in [6.07, 6.45) is 2.18. The van der Waals surface area contributed by atoms with Crippen LogP contribution in [-0.2, 0) is 6.54 Å². The van der Waals surface area contributed by atoms with Crippen molar-refractivity contribution in [1.29, 1.82) is 0 Å². The van der Waals surface area contributed by atoms with Crippen LogP contribution in [0.3, 0.4) is 0 Å². The normalized spacial score (nSPS) is 14.1. The van der Waals surface area contributed by atoms with Crippen LogP contribution in [0.4, 0.5) is 10.5 Å². The predicted octanol–water partition coefficient (Wildman–Crippen LogP) is 4.60. The lowest BCUT2D eigenvalue weighted by Crippen LogP contribution is -2.36. The smallest absolute Gasteiger partial charge is 0.316 e. The predicted molar refractivity (Wildman–Crippen MR) is 83.4 cm³/mol. The molecular formula is C15H15ClN2OS. The van der Waals surface area contributed by atoms with Crippen molar-refractivity contribution in [2.45, 2.75) is 25.4 Å². The zero-order valence-corrected chi connectivity index (χ0v) is 12.5. The molecule has 1 N–H and O–H groups in total. The van der Waals surface area contributed by atoms with Gasteiger partial charge in [-0.15, -0.1) is 11.3 Å². The average Bonchev–Trinajstić information content (AvgIpc) is 3.12. The average molecular weight is 307 g/mol. The molecule has 1 fully saturated rings. The molecule has 2 aromatic rings. The van der Waals surface area contributed by atoms with Crippen LogP contribution in [0, 0.1) is 0 Å². The molecule has 3 rings (SSSR count). The number of rotatable bonds is 4. The lowest BCUT2D eigenvalue weighted by Gasteiger charge is -2.22. The molecule has 1 aromatic carbocycles. The molecule has 0 unspecified atom stereocenters. The molecule has 104 valence electrons. The van der Waals surface area contributed by atoms with Gasteiger partial charge in [-0.05, 0) is 42.5 Å². The number of carbonyl (C=O) groups excluding carboxylic acids is 1. The Morgan fingerprint density at radius 3 is 2.85 bits per heavy atom. The zero-order chi connectivity index (χ0) is 13.9. The first-order valence-electron chi connectivity index (χ1n) is 6.58. The van der Waals surface area contributed by atoms with E-state index in [1.165, 1.54) is 4.88 Å². The van der Waals surface area contributed by atoms with Gasteiger partial charge in [0.05, 0.1) is 6.54 Å². The molecule has 20 heavy (non-hydrogen) atoms. The molecule has 1 heterocycles. The molecule has 0 aliphatic heterocycles. The highest BCUT2D eigenvalue weighted by atomic mass is 35.5. The van der Waals surface area contributed by atoms with Gasteiger partial charge >= 0.3 is 6.03 Å². The van der Waals surface area contributed by atoms with Crippen LogP contribution in [0.2, 0.25) is 5.02 Å². The van der Waals surface area contributed by atoms with Gasteiger partial charge in [-0.25, -0.2) is 4.79 Å². The summed E-state index contributed by atoms with van der Waals surface area (Å²) in [5.74, 6) is 0. The quantitative estimate of drug-likeness (QED) is 0.879. The molecule has 1 aliphatic rings. The van der Waals surface area contributed by atoms with Crippen molar-refractivity contribution in [2.24, 2.45) is 0 Å². The van der Waals surface area contributed by atoms with Gasteiger partial charge in [0, 0.05) is 21.6 Å². The van der Waals surface area contributed by atoms with E-state index in [2.05, 4.69) is 11.4 Å². The van der Waals surface area contributed by atoms with Gasteiger partial charge in [0.25, 0.3) is 0 Å². The third-order valence-electron chi connectivity index (χ3n) is 3.23. The maximum absolute atomic E-state index is 12.4. The van der Waals surface area contributed by atoms with E-state index in [1.54, 1.807) is 23.5 Å². The number of thiophene rings is 1. The van der Waals surface area contributed by atoms with Gasteiger partial charge in [0.15, 0.2) is 0 Å². The van der Waals surface area contributed by atoms with E-state index in [-0.39, 0.29) is 6.03 Å². The van der Waals surface area contributed by atoms with Crippen molar-refractivity contribution in [3.63, 3.8) is 0 Å². The number of nitrogens with zero attached hydrogens (tertiary/aromatic N) is 1. The summed E-state index contributed by atoms with van der Waals surface area (Å²) in [5.41, 5.74) is 0.735. The Labute approximate surface area is 127 Å². The van der Waals surface area contributed by atoms with E-state index in [9.17, 15) is 4.79 Å². The van der Waals surface area contributed by atoms with Crippen LogP contribution >= 0.6 is 22.9 Å². The second-order valence-corrected chi connectivity index (χ2v) is 6.35. The van der Waals surface area contributed by atoms with Crippen LogP contribution in [0.5, 0.6) is 0 Å². The summed E-state index contributed by atoms with van der Waals surface area (Å²) in [7, 11) is 0. The molecular weight excluding hydrogens is 292 g/mol. The number of nitrogens with one attached hydrogen (secondary N) is 1. The van der Waals surface area contributed by atoms with Gasteiger partial charge in [0.2, 0.25) is 0 Å². The first-order valence-corrected chi connectivity index (χ1v) is 7.84. The fraction of sp³-hybridized carbons (Fsp3) is 0.267. The number of amides is 2. The molecule has 0 spiro atoms. The Morgan fingerprint density at radius 2 is 2.20 bits per heavy atom. The Balaban J connectivity index is 1.69. The van der Waals surface area contributed by atoms with Crippen LogP contribution in [-0.4, -0.2) is 17.0 Å². The summed E-state index contributed by atoms with van der Waals surface area (Å²) in [5, 5.41) is 5.58. The van der Waals surface area contributed by atoms with Gasteiger partial charge in [-0.3, -0.25) is 0 Å². The van der Waals surface area contributed by atoms with E-state index in [1.807, 2.05) is 28.5 Å². The van der Waals surface area contributed by atoms with Crippen molar-refractivity contribution in [2.75, 3.05) is 5.32 Å². The SMILES string of the molecule is O=C(Nc1cccc(Cl)c1)N(Cc1cccs1)C1CC1. The minimum absolute atomic E-state index is 0.0526. The number of halogens is 1. The summed E-state index contributed by atoms with van der Waals surface area (Å²) >= 11 is 7.61. The number of benzene rings is 1. The minimum Gasteiger partial charge on any atom is -0.316 e. The zero-order valence-electron chi connectivity index (χ0n) is 10.9. The Kier molecular flexibility index (Phi) is 3.94. The molecule has 1 aliphatic carbocycles. The largest absolute Gasteiger partial charge is 0.322 e. The summed E-state index contributed by atoms with van der Waals surface area (Å²) in [6.45, 7) is 0.675. The van der Waals surface area contributed by atoms with Gasteiger partial charge in [-0.2, -0.15) is 0 Å². The Hall–Kier alpha value is -1.52. The fourth-order valence-electron chi connectivity index (χ4n) is 2.08. The van der Waals surface area contributed by atoms with Crippen molar-refractivity contribution >= 4 is 34.7 Å². The first-order chi connectivity index (χ1) is 9.72. The summed E-state index contributed by atoms with van der Waals surface area (Å²) in [4.78, 5) is 15.5. The Bertz CT molecular complexity index is 596. The highest BCUT2D eigenvalue weighted by Crippen LogP contribution is 2.30. The van der Waals surface area contributed by atoms with Crippen LogP contribution in [0.25, 0.3) is 0 Å². The summed E-state index contributed by atoms with van der Waals surface area (Å²) in [6, 6.07) is 11.6. The van der Waals surface area contributed by atoms with Gasteiger partial charge < -0.3 is 10.2 Å². The summed E-state index contributed by atoms with van der Waals surface area (Å²) < 4.78 is 0. The maximum Gasteiger partial charge on any atom is 0.322 e. The molecule has 1 saturated carbocycles. The first kappa shape index (κ1) is 13.5. The molecule has 0 atom stereocenters. The number of hydrogen-bond donors (Lipinski definition) is 1. The van der Waals surface area contributed by atoms with Crippen LogP contribution in [0.1, 0.15) is 17.7 Å². The van der Waals surface area contributed by atoms with E-state index in [4.69, 9.17) is 11.6 Å². The second-order valence-electron chi connectivity index (χ2n) is 4.88. The molecule has 1 aromatic heterocycles. The number of hydrogen-bond acceptors (Lipinski definition) is 2. The third kappa shape index (κ3) is 3.32. The number of anilines is 1. The maximum atomic E-state index is 12.4. The second kappa shape index (κ2) is 5.85. The molecule has 2 amide bonds. The minimum atomic E-state index is -0.0526. The number of urea groups is 1. The topological polar surface area (TPSA) is 32.3 Å². The van der Waals surface area contributed by atoms with E-state index < -0.39 is 0 Å². The molecule has 0 saturated heterocycles. The van der Waals surface area contributed by atoms with Crippen molar-refractivity contribution in [1.82, 2.24) is 4.90 Å². The van der Waals surface area contributed by atoms with E-state index in [0.717, 1.165) is 18.5 Å². The van der Waals surface area contributed by atoms with Crippen molar-refractivity contribution in [3.8, 4) is 0 Å². The van der Waals surface area contributed by atoms with E-state index >= 15 is 0 Å². The fourth-order valence-corrected chi connectivity index (χ4v) is 2.98. The lowest BCUT2D eigenvalue weighted by molar-refractivity contribution is 0.206. The standard InChI is InChI=1S/C15H15ClN2OS/c16-11-3-1-4-12(9-11)17-15(19)18(13-6-7-13)10-14-5-2-8-20-14/h1-5,8-9,13H,6-7,10H2,(H,17,19). The van der Waals surface area contributed by atoms with Crippen molar-refractivity contribution < 1.29 is 4.79 Å². The van der Waals surface area contributed by atoms with E-state index in [0.29, 0.717) is 17.6 Å². The third-order valence-corrected chi connectivity index (χ3v) is 4.33. The molecule has 5 heteroatoms. The highest BCUT2D eigenvalue weighted by Gasteiger charge is 2.32. The molecule has 0 bridgehead atoms. The van der Waals surface area contributed by atoms with Gasteiger partial charge in [-0.1, -0.05) is 23.7 Å². The Morgan fingerprint density at radius 1 is 1.35 bits per heavy atom. The van der Waals surface area contributed by atoms with Gasteiger partial charge in [0.1, 0.15) is 0 Å². The molecule has 3 nitrogen and oxygen atoms in total. The lowest BCUT2D eigenvalue weighted by atomic mass is 10.3. The van der Waals surface area contributed by atoms with Crippen molar-refractivity contribution in [3.05, 3.63) is 51.7 Å². The highest BCUT2D eigenvalue weighted by molar-refractivity contribution is 7.09. The van der Waals surface area contributed by atoms with Crippen LogP contribution < -0.4 is 5.32 Å². The molecule has 0 radical (unpaired) electrons. The number of carbonyl (C=O) groups is 1.